The first kappa shape index (κ1) is 15.8. The molecule has 1 aromatic rings. The zero-order chi connectivity index (χ0) is 15.8. The molecule has 6 heteroatoms. The van der Waals surface area contributed by atoms with Gasteiger partial charge in [0.15, 0.2) is 6.04 Å². The fourth-order valence-electron chi connectivity index (χ4n) is 2.18. The molecule has 0 radical (unpaired) electrons. The lowest BCUT2D eigenvalue weighted by Crippen LogP contribution is -2.43. The van der Waals surface area contributed by atoms with Gasteiger partial charge in [-0.15, -0.1) is 0 Å². The Morgan fingerprint density at radius 1 is 1.29 bits per heavy atom. The first-order valence-corrected chi connectivity index (χ1v) is 7.51. The van der Waals surface area contributed by atoms with Crippen molar-refractivity contribution in [3.8, 4) is 0 Å². The number of rotatable bonds is 2. The van der Waals surface area contributed by atoms with E-state index >= 15 is 0 Å². The number of halogens is 1. The van der Waals surface area contributed by atoms with Crippen molar-refractivity contribution in [1.82, 2.24) is 4.90 Å². The van der Waals surface area contributed by atoms with Crippen molar-refractivity contribution in [2.45, 2.75) is 32.4 Å². The van der Waals surface area contributed by atoms with Gasteiger partial charge in [0, 0.05) is 17.2 Å². The topological polar surface area (TPSA) is 49.9 Å². The number of benzene rings is 1. The molecule has 2 rings (SSSR count). The monoisotopic (exact) mass is 354 g/mol. The SMILES string of the molecule is CN1C[C@@H](C(=O)OC(C)(C)C)N(c2ccc(Br)cc2)C1=O. The van der Waals surface area contributed by atoms with E-state index in [1.54, 1.807) is 19.2 Å². The average Bonchev–Trinajstić information content (AvgIpc) is 2.65. The van der Waals surface area contributed by atoms with Gasteiger partial charge in [-0.2, -0.15) is 0 Å². The summed E-state index contributed by atoms with van der Waals surface area (Å²) in [5.41, 5.74) is 0.107. The van der Waals surface area contributed by atoms with Crippen LogP contribution in [0, 0.1) is 0 Å². The number of hydrogen-bond acceptors (Lipinski definition) is 3. The Morgan fingerprint density at radius 3 is 2.38 bits per heavy atom. The van der Waals surface area contributed by atoms with Gasteiger partial charge in [0.1, 0.15) is 5.60 Å². The van der Waals surface area contributed by atoms with Gasteiger partial charge in [0.05, 0.1) is 6.54 Å². The van der Waals surface area contributed by atoms with Crippen molar-refractivity contribution in [2.24, 2.45) is 0 Å². The second-order valence-corrected chi connectivity index (χ2v) is 6.97. The summed E-state index contributed by atoms with van der Waals surface area (Å²) >= 11 is 3.36. The van der Waals surface area contributed by atoms with E-state index in [0.717, 1.165) is 4.47 Å². The van der Waals surface area contributed by atoms with Gasteiger partial charge in [-0.25, -0.2) is 9.59 Å². The number of ether oxygens (including phenoxy) is 1. The summed E-state index contributed by atoms with van der Waals surface area (Å²) in [6, 6.07) is 6.47. The van der Waals surface area contributed by atoms with E-state index in [0.29, 0.717) is 12.2 Å². The van der Waals surface area contributed by atoms with Gasteiger partial charge < -0.3 is 9.64 Å². The van der Waals surface area contributed by atoms with Crippen LogP contribution in [-0.4, -0.2) is 42.1 Å². The zero-order valence-electron chi connectivity index (χ0n) is 12.6. The molecule has 1 heterocycles. The highest BCUT2D eigenvalue weighted by molar-refractivity contribution is 9.10. The third-order valence-electron chi connectivity index (χ3n) is 3.07. The Hall–Kier alpha value is -1.56. The van der Waals surface area contributed by atoms with E-state index in [1.165, 1.54) is 9.80 Å². The number of carbonyl (C=O) groups excluding carboxylic acids is 2. The van der Waals surface area contributed by atoms with E-state index in [4.69, 9.17) is 4.74 Å². The van der Waals surface area contributed by atoms with Crippen LogP contribution >= 0.6 is 15.9 Å². The van der Waals surface area contributed by atoms with Crippen LogP contribution in [0.4, 0.5) is 10.5 Å². The fourth-order valence-corrected chi connectivity index (χ4v) is 2.44. The van der Waals surface area contributed by atoms with Crippen molar-refractivity contribution < 1.29 is 14.3 Å². The summed E-state index contributed by atoms with van der Waals surface area (Å²) in [7, 11) is 1.68. The first-order valence-electron chi connectivity index (χ1n) is 6.72. The predicted molar refractivity (Wildman–Crippen MR) is 84.3 cm³/mol. The lowest BCUT2D eigenvalue weighted by atomic mass is 10.2. The van der Waals surface area contributed by atoms with Gasteiger partial charge in [0.25, 0.3) is 0 Å². The molecule has 2 amide bonds. The van der Waals surface area contributed by atoms with Crippen molar-refractivity contribution >= 4 is 33.6 Å². The minimum absolute atomic E-state index is 0.201. The Kier molecular flexibility index (Phi) is 4.27. The van der Waals surface area contributed by atoms with Crippen LogP contribution in [0.25, 0.3) is 0 Å². The third kappa shape index (κ3) is 3.56. The predicted octanol–water partition coefficient (Wildman–Crippen LogP) is 3.03. The van der Waals surface area contributed by atoms with Crippen molar-refractivity contribution in [2.75, 3.05) is 18.5 Å². The molecule has 21 heavy (non-hydrogen) atoms. The second-order valence-electron chi connectivity index (χ2n) is 6.06. The van der Waals surface area contributed by atoms with Crippen molar-refractivity contribution in [3.05, 3.63) is 28.7 Å². The van der Waals surface area contributed by atoms with Crippen LogP contribution in [0.2, 0.25) is 0 Å². The Bertz CT molecular complexity index is 551. The highest BCUT2D eigenvalue weighted by atomic mass is 79.9. The maximum Gasteiger partial charge on any atom is 0.331 e. The molecule has 1 saturated heterocycles. The smallest absolute Gasteiger partial charge is 0.331 e. The summed E-state index contributed by atoms with van der Waals surface area (Å²) in [6.45, 7) is 5.77. The van der Waals surface area contributed by atoms with Crippen LogP contribution in [0.15, 0.2) is 28.7 Å². The van der Waals surface area contributed by atoms with Crippen molar-refractivity contribution in [1.29, 1.82) is 0 Å². The van der Waals surface area contributed by atoms with Crippen LogP contribution in [0.3, 0.4) is 0 Å². The van der Waals surface area contributed by atoms with E-state index in [9.17, 15) is 9.59 Å². The molecule has 0 spiro atoms. The fraction of sp³-hybridized carbons (Fsp3) is 0.467. The maximum absolute atomic E-state index is 12.4. The number of amides is 2. The van der Waals surface area contributed by atoms with E-state index in [-0.39, 0.29) is 12.0 Å². The van der Waals surface area contributed by atoms with E-state index in [1.807, 2.05) is 32.9 Å². The molecule has 5 nitrogen and oxygen atoms in total. The summed E-state index contributed by atoms with van der Waals surface area (Å²) in [4.78, 5) is 27.7. The number of anilines is 1. The minimum Gasteiger partial charge on any atom is -0.458 e. The van der Waals surface area contributed by atoms with Gasteiger partial charge >= 0.3 is 12.0 Å². The van der Waals surface area contributed by atoms with Gasteiger partial charge in [-0.3, -0.25) is 4.90 Å². The first-order chi connectivity index (χ1) is 9.69. The number of urea groups is 1. The molecule has 114 valence electrons. The number of nitrogens with zero attached hydrogens (tertiary/aromatic N) is 2. The third-order valence-corrected chi connectivity index (χ3v) is 3.60. The molecule has 1 aliphatic rings. The Labute approximate surface area is 133 Å². The minimum atomic E-state index is -0.622. The highest BCUT2D eigenvalue weighted by Crippen LogP contribution is 2.27. The van der Waals surface area contributed by atoms with Gasteiger partial charge in [-0.05, 0) is 45.0 Å². The Balaban J connectivity index is 2.29. The molecular formula is C15H19BrN2O3. The average molecular weight is 355 g/mol. The van der Waals surface area contributed by atoms with Gasteiger partial charge in [0.2, 0.25) is 0 Å². The zero-order valence-corrected chi connectivity index (χ0v) is 14.2. The second kappa shape index (κ2) is 5.67. The molecule has 0 unspecified atom stereocenters. The molecular weight excluding hydrogens is 336 g/mol. The molecule has 0 saturated carbocycles. The largest absolute Gasteiger partial charge is 0.458 e. The van der Waals surface area contributed by atoms with Gasteiger partial charge in [-0.1, -0.05) is 15.9 Å². The summed E-state index contributed by atoms with van der Waals surface area (Å²) in [5, 5.41) is 0. The molecule has 0 bridgehead atoms. The van der Waals surface area contributed by atoms with Crippen LogP contribution in [0.5, 0.6) is 0 Å². The summed E-state index contributed by atoms with van der Waals surface area (Å²) in [5.74, 6) is -0.386. The standard InChI is InChI=1S/C15H19BrN2O3/c1-15(2,3)21-13(19)12-9-17(4)14(20)18(12)11-7-5-10(16)6-8-11/h5-8,12H,9H2,1-4H3/t12-/m0/s1. The number of esters is 1. The molecule has 0 N–H and O–H groups in total. The summed E-state index contributed by atoms with van der Waals surface area (Å²) < 4.78 is 6.34. The van der Waals surface area contributed by atoms with E-state index in [2.05, 4.69) is 15.9 Å². The number of carbonyl (C=O) groups is 2. The molecule has 1 atom stereocenters. The lowest BCUT2D eigenvalue weighted by Gasteiger charge is -2.26. The molecule has 1 fully saturated rings. The van der Waals surface area contributed by atoms with E-state index < -0.39 is 11.6 Å². The normalized spacial score (nSPS) is 19.1. The quantitative estimate of drug-likeness (QED) is 0.767. The maximum atomic E-state index is 12.4. The number of likely N-dealkylation sites (N-methyl/N-ethyl adjacent to an activating group) is 1. The summed E-state index contributed by atoms with van der Waals surface area (Å²) in [6.07, 6.45) is 0. The molecule has 1 aliphatic heterocycles. The van der Waals surface area contributed by atoms with Crippen LogP contribution in [0.1, 0.15) is 20.8 Å². The lowest BCUT2D eigenvalue weighted by molar-refractivity contribution is -0.156. The number of hydrogen-bond donors (Lipinski definition) is 0. The van der Waals surface area contributed by atoms with Crippen molar-refractivity contribution in [3.63, 3.8) is 0 Å². The molecule has 1 aromatic carbocycles. The Morgan fingerprint density at radius 2 is 1.86 bits per heavy atom. The van der Waals surface area contributed by atoms with Crippen LogP contribution in [-0.2, 0) is 9.53 Å². The van der Waals surface area contributed by atoms with Crippen LogP contribution < -0.4 is 4.90 Å². The molecule has 0 aromatic heterocycles. The highest BCUT2D eigenvalue weighted by Gasteiger charge is 2.42. The molecule has 0 aliphatic carbocycles.